The first-order valence-electron chi connectivity index (χ1n) is 4.14. The van der Waals surface area contributed by atoms with Gasteiger partial charge in [0.1, 0.15) is 0 Å². The molecule has 0 bridgehead atoms. The third-order valence-electron chi connectivity index (χ3n) is 1.56. The van der Waals surface area contributed by atoms with Crippen LogP contribution in [0.2, 0.25) is 0 Å². The van der Waals surface area contributed by atoms with Crippen LogP contribution in [0.25, 0.3) is 0 Å². The van der Waals surface area contributed by atoms with Crippen LogP contribution in [0.15, 0.2) is 0 Å². The Balaban J connectivity index is -0.000000500. The zero-order chi connectivity index (χ0) is 8.69. The second-order valence-electron chi connectivity index (χ2n) is 2.66. The van der Waals surface area contributed by atoms with E-state index in [1.807, 2.05) is 13.8 Å². The number of aliphatic hydroxyl groups is 2. The van der Waals surface area contributed by atoms with Crippen molar-refractivity contribution in [2.75, 3.05) is 13.2 Å². The lowest BCUT2D eigenvalue weighted by molar-refractivity contribution is -0.00898. The van der Waals surface area contributed by atoms with Crippen molar-refractivity contribution in [3.8, 4) is 0 Å². The number of hydrogen-bond acceptors (Lipinski definition) is 3. The summed E-state index contributed by atoms with van der Waals surface area (Å²) in [6.07, 6.45) is 0.614. The van der Waals surface area contributed by atoms with Crippen LogP contribution in [-0.4, -0.2) is 35.6 Å². The average Bonchev–Trinajstić information content (AvgIpc) is 2.04. The summed E-state index contributed by atoms with van der Waals surface area (Å²) in [5.74, 6) is 0. The van der Waals surface area contributed by atoms with E-state index in [0.717, 1.165) is 0 Å². The van der Waals surface area contributed by atoms with Crippen molar-refractivity contribution < 1.29 is 14.9 Å². The van der Waals surface area contributed by atoms with Gasteiger partial charge >= 0.3 is 0 Å². The van der Waals surface area contributed by atoms with Gasteiger partial charge in [0.15, 0.2) is 0 Å². The Bertz CT molecular complexity index is 76.2. The van der Waals surface area contributed by atoms with Gasteiger partial charge in [-0.1, -0.05) is 28.7 Å². The molecule has 0 aromatic rings. The third-order valence-corrected chi connectivity index (χ3v) is 1.56. The normalized spacial score (nSPS) is 13.8. The van der Waals surface area contributed by atoms with Crippen LogP contribution in [0.4, 0.5) is 0 Å². The highest BCUT2D eigenvalue weighted by Crippen LogP contribution is 1.94. The van der Waals surface area contributed by atoms with Gasteiger partial charge in [-0.2, -0.15) is 0 Å². The SMILES string of the molecule is C.C.CCC(O)COCC(O)CC. The van der Waals surface area contributed by atoms with E-state index >= 15 is 0 Å². The summed E-state index contributed by atoms with van der Waals surface area (Å²) in [5.41, 5.74) is 0. The number of hydrogen-bond donors (Lipinski definition) is 2. The smallest absolute Gasteiger partial charge is 0.0771 e. The standard InChI is InChI=1S/C8H18O3.2CH4/c1-3-7(9)5-11-6-8(10)4-2;;/h7-10H,3-6H2,1-2H3;2*1H4. The molecule has 3 heteroatoms. The molecule has 2 unspecified atom stereocenters. The molecule has 0 heterocycles. The second kappa shape index (κ2) is 11.9. The summed E-state index contributed by atoms with van der Waals surface area (Å²) < 4.78 is 5.04. The van der Waals surface area contributed by atoms with Crippen molar-refractivity contribution in [1.29, 1.82) is 0 Å². The first-order valence-corrected chi connectivity index (χ1v) is 4.14. The molecule has 0 rings (SSSR count). The van der Waals surface area contributed by atoms with Crippen LogP contribution in [0, 0.1) is 0 Å². The molecule has 0 spiro atoms. The van der Waals surface area contributed by atoms with Crippen LogP contribution >= 0.6 is 0 Å². The van der Waals surface area contributed by atoms with E-state index < -0.39 is 0 Å². The largest absolute Gasteiger partial charge is 0.391 e. The summed E-state index contributed by atoms with van der Waals surface area (Å²) in [7, 11) is 0. The van der Waals surface area contributed by atoms with E-state index in [9.17, 15) is 0 Å². The van der Waals surface area contributed by atoms with Crippen molar-refractivity contribution in [2.45, 2.75) is 53.8 Å². The molecule has 0 aliphatic heterocycles. The van der Waals surface area contributed by atoms with Crippen molar-refractivity contribution in [3.63, 3.8) is 0 Å². The lowest BCUT2D eigenvalue weighted by Crippen LogP contribution is -2.20. The highest BCUT2D eigenvalue weighted by molar-refractivity contribution is 4.52. The van der Waals surface area contributed by atoms with Gasteiger partial charge in [0, 0.05) is 0 Å². The molecule has 2 atom stereocenters. The van der Waals surface area contributed by atoms with E-state index in [2.05, 4.69) is 0 Å². The predicted molar refractivity (Wildman–Crippen MR) is 56.9 cm³/mol. The molecule has 84 valence electrons. The average molecular weight is 194 g/mol. The van der Waals surface area contributed by atoms with Crippen molar-refractivity contribution >= 4 is 0 Å². The fraction of sp³-hybridized carbons (Fsp3) is 1.00. The molecule has 2 N–H and O–H groups in total. The third kappa shape index (κ3) is 11.9. The Morgan fingerprint density at radius 2 is 1.23 bits per heavy atom. The van der Waals surface area contributed by atoms with E-state index in [0.29, 0.717) is 26.1 Å². The van der Waals surface area contributed by atoms with Gasteiger partial charge in [0.2, 0.25) is 0 Å². The lowest BCUT2D eigenvalue weighted by Gasteiger charge is -2.11. The molecule has 0 aromatic heterocycles. The minimum Gasteiger partial charge on any atom is -0.391 e. The van der Waals surface area contributed by atoms with Crippen LogP contribution < -0.4 is 0 Å². The monoisotopic (exact) mass is 194 g/mol. The first kappa shape index (κ1) is 18.6. The molecule has 0 aliphatic carbocycles. The topological polar surface area (TPSA) is 49.7 Å². The van der Waals surface area contributed by atoms with Crippen LogP contribution in [0.3, 0.4) is 0 Å². The van der Waals surface area contributed by atoms with E-state index in [-0.39, 0.29) is 27.1 Å². The quantitative estimate of drug-likeness (QED) is 0.678. The fourth-order valence-electron chi connectivity index (χ4n) is 0.576. The summed E-state index contributed by atoms with van der Waals surface area (Å²) in [5, 5.41) is 18.1. The van der Waals surface area contributed by atoms with Gasteiger partial charge in [-0.3, -0.25) is 0 Å². The Morgan fingerprint density at radius 3 is 1.46 bits per heavy atom. The van der Waals surface area contributed by atoms with Gasteiger partial charge in [0.25, 0.3) is 0 Å². The summed E-state index contributed by atoms with van der Waals surface area (Å²) in [6, 6.07) is 0. The molecule has 13 heavy (non-hydrogen) atoms. The van der Waals surface area contributed by atoms with Crippen molar-refractivity contribution in [1.82, 2.24) is 0 Å². The van der Waals surface area contributed by atoms with Crippen molar-refractivity contribution in [2.24, 2.45) is 0 Å². The summed E-state index contributed by atoms with van der Waals surface area (Å²) >= 11 is 0. The Kier molecular flexibility index (Phi) is 17.0. The highest BCUT2D eigenvalue weighted by atomic mass is 16.5. The maximum Gasteiger partial charge on any atom is 0.0771 e. The van der Waals surface area contributed by atoms with E-state index in [1.165, 1.54) is 0 Å². The van der Waals surface area contributed by atoms with Gasteiger partial charge in [0.05, 0.1) is 25.4 Å². The summed E-state index contributed by atoms with van der Waals surface area (Å²) in [6.45, 7) is 4.44. The maximum atomic E-state index is 9.04. The van der Waals surface area contributed by atoms with Gasteiger partial charge in [-0.05, 0) is 12.8 Å². The van der Waals surface area contributed by atoms with Gasteiger partial charge in [-0.15, -0.1) is 0 Å². The second-order valence-corrected chi connectivity index (χ2v) is 2.66. The Morgan fingerprint density at radius 1 is 0.923 bits per heavy atom. The molecule has 0 amide bonds. The molecule has 0 aromatic carbocycles. The van der Waals surface area contributed by atoms with Crippen LogP contribution in [0.5, 0.6) is 0 Å². The zero-order valence-electron chi connectivity index (χ0n) is 7.29. The molecule has 3 nitrogen and oxygen atoms in total. The number of ether oxygens (including phenoxy) is 1. The zero-order valence-corrected chi connectivity index (χ0v) is 7.29. The lowest BCUT2D eigenvalue weighted by atomic mass is 10.3. The molecular weight excluding hydrogens is 168 g/mol. The number of rotatable bonds is 6. The molecular formula is C10H26O3. The Hall–Kier alpha value is -0.120. The molecule has 0 radical (unpaired) electrons. The maximum absolute atomic E-state index is 9.04. The van der Waals surface area contributed by atoms with Gasteiger partial charge < -0.3 is 14.9 Å². The predicted octanol–water partition coefficient (Wildman–Crippen LogP) is 1.82. The van der Waals surface area contributed by atoms with Crippen LogP contribution in [-0.2, 0) is 4.74 Å². The van der Waals surface area contributed by atoms with E-state index in [1.54, 1.807) is 0 Å². The minimum absolute atomic E-state index is 0. The molecule has 0 aliphatic rings. The Labute approximate surface area is 82.7 Å². The van der Waals surface area contributed by atoms with Crippen molar-refractivity contribution in [3.05, 3.63) is 0 Å². The molecule has 0 fully saturated rings. The summed E-state index contributed by atoms with van der Waals surface area (Å²) in [4.78, 5) is 0. The molecule has 0 saturated carbocycles. The van der Waals surface area contributed by atoms with Gasteiger partial charge in [-0.25, -0.2) is 0 Å². The minimum atomic E-state index is -0.390. The highest BCUT2D eigenvalue weighted by Gasteiger charge is 2.03. The van der Waals surface area contributed by atoms with Crippen LogP contribution in [0.1, 0.15) is 41.5 Å². The fourth-order valence-corrected chi connectivity index (χ4v) is 0.576. The van der Waals surface area contributed by atoms with E-state index in [4.69, 9.17) is 14.9 Å². The number of aliphatic hydroxyl groups excluding tert-OH is 2. The first-order chi connectivity index (χ1) is 5.20. The molecule has 0 saturated heterocycles.